The molecule has 1 atom stereocenters. The molecule has 6 nitrogen and oxygen atoms in total. The molecular weight excluding hydrogens is 332 g/mol. The van der Waals surface area contributed by atoms with Crippen LogP contribution in [-0.2, 0) is 12.8 Å². The summed E-state index contributed by atoms with van der Waals surface area (Å²) in [6, 6.07) is 0. The third kappa shape index (κ3) is 2.70. The smallest absolute Gasteiger partial charge is 0.260 e. The van der Waals surface area contributed by atoms with Crippen LogP contribution in [0.15, 0.2) is 14.5 Å². The number of aryl methyl sites for hydroxylation is 3. The molecule has 0 saturated carbocycles. The monoisotopic (exact) mass is 348 g/mol. The fourth-order valence-corrected chi connectivity index (χ4v) is 5.04. The molecule has 0 saturated heterocycles. The van der Waals surface area contributed by atoms with Gasteiger partial charge in [0.15, 0.2) is 11.0 Å². The van der Waals surface area contributed by atoms with E-state index >= 15 is 0 Å². The molecule has 8 heteroatoms. The lowest BCUT2D eigenvalue weighted by atomic mass is 9.97. The van der Waals surface area contributed by atoms with Crippen molar-refractivity contribution in [1.29, 1.82) is 0 Å². The first-order valence-corrected chi connectivity index (χ1v) is 9.33. The molecule has 0 spiro atoms. The first-order valence-electron chi connectivity index (χ1n) is 7.63. The number of hydrogen-bond acceptors (Lipinski definition) is 7. The van der Waals surface area contributed by atoms with E-state index in [1.165, 1.54) is 28.6 Å². The fraction of sp³-hybridized carbons (Fsp3) is 0.467. The molecule has 0 radical (unpaired) electrons. The summed E-state index contributed by atoms with van der Waals surface area (Å²) in [6.45, 7) is 3.74. The summed E-state index contributed by atoms with van der Waals surface area (Å²) < 4.78 is 5.18. The number of nitrogens with one attached hydrogen (secondary N) is 1. The lowest BCUT2D eigenvalue weighted by Crippen LogP contribution is -2.11. The fourth-order valence-electron chi connectivity index (χ4n) is 2.90. The van der Waals surface area contributed by atoms with Gasteiger partial charge in [0, 0.05) is 4.88 Å². The SMILES string of the molecule is Cc1noc(C(C)Sc2nc3sc4c(c3c(=O)[nH]2)CCCC4)n1. The second-order valence-electron chi connectivity index (χ2n) is 5.70. The highest BCUT2D eigenvalue weighted by molar-refractivity contribution is 7.99. The predicted molar refractivity (Wildman–Crippen MR) is 90.2 cm³/mol. The minimum atomic E-state index is -0.0635. The molecule has 4 rings (SSSR count). The van der Waals surface area contributed by atoms with Crippen molar-refractivity contribution >= 4 is 33.3 Å². The van der Waals surface area contributed by atoms with Crippen LogP contribution in [0.25, 0.3) is 10.2 Å². The average molecular weight is 348 g/mol. The molecule has 1 aliphatic rings. The number of H-pyrrole nitrogens is 1. The lowest BCUT2D eigenvalue weighted by Gasteiger charge is -2.09. The first kappa shape index (κ1) is 14.9. The van der Waals surface area contributed by atoms with Gasteiger partial charge in [-0.1, -0.05) is 16.9 Å². The van der Waals surface area contributed by atoms with Gasteiger partial charge in [-0.3, -0.25) is 4.79 Å². The van der Waals surface area contributed by atoms with E-state index in [2.05, 4.69) is 20.1 Å². The first-order chi connectivity index (χ1) is 11.1. The molecule has 0 fully saturated rings. The van der Waals surface area contributed by atoms with Crippen LogP contribution in [0.2, 0.25) is 0 Å². The van der Waals surface area contributed by atoms with Crippen LogP contribution in [0.5, 0.6) is 0 Å². The molecule has 0 amide bonds. The molecule has 0 aliphatic heterocycles. The largest absolute Gasteiger partial charge is 0.338 e. The lowest BCUT2D eigenvalue weighted by molar-refractivity contribution is 0.376. The van der Waals surface area contributed by atoms with Crippen LogP contribution >= 0.6 is 23.1 Å². The summed E-state index contributed by atoms with van der Waals surface area (Å²) in [6.07, 6.45) is 4.41. The number of nitrogens with zero attached hydrogens (tertiary/aromatic N) is 3. The number of thiophene rings is 1. The second-order valence-corrected chi connectivity index (χ2v) is 8.12. The molecule has 0 bridgehead atoms. The zero-order chi connectivity index (χ0) is 16.0. The topological polar surface area (TPSA) is 84.7 Å². The molecule has 0 aromatic carbocycles. The van der Waals surface area contributed by atoms with Gasteiger partial charge >= 0.3 is 0 Å². The van der Waals surface area contributed by atoms with Crippen molar-refractivity contribution in [3.63, 3.8) is 0 Å². The Morgan fingerprint density at radius 3 is 2.91 bits per heavy atom. The number of aromatic amines is 1. The summed E-state index contributed by atoms with van der Waals surface area (Å²) >= 11 is 3.09. The Kier molecular flexibility index (Phi) is 3.73. The van der Waals surface area contributed by atoms with Crippen LogP contribution < -0.4 is 5.56 Å². The van der Waals surface area contributed by atoms with Gasteiger partial charge in [-0.05, 0) is 45.1 Å². The van der Waals surface area contributed by atoms with E-state index in [9.17, 15) is 4.79 Å². The van der Waals surface area contributed by atoms with Gasteiger partial charge in [-0.15, -0.1) is 11.3 Å². The average Bonchev–Trinajstić information content (AvgIpc) is 3.10. The Hall–Kier alpha value is -1.67. The molecule has 1 unspecified atom stereocenters. The van der Waals surface area contributed by atoms with E-state index in [0.717, 1.165) is 29.5 Å². The van der Waals surface area contributed by atoms with Crippen molar-refractivity contribution in [2.24, 2.45) is 0 Å². The summed E-state index contributed by atoms with van der Waals surface area (Å²) in [5, 5.41) is 5.13. The van der Waals surface area contributed by atoms with Crippen LogP contribution in [-0.4, -0.2) is 20.1 Å². The van der Waals surface area contributed by atoms with Crippen LogP contribution in [0.1, 0.15) is 47.2 Å². The summed E-state index contributed by atoms with van der Waals surface area (Å²) in [7, 11) is 0. The Morgan fingerprint density at radius 1 is 1.30 bits per heavy atom. The number of rotatable bonds is 3. The third-order valence-electron chi connectivity index (χ3n) is 3.98. The van der Waals surface area contributed by atoms with Crippen molar-refractivity contribution < 1.29 is 4.52 Å². The van der Waals surface area contributed by atoms with Crippen LogP contribution in [0.3, 0.4) is 0 Å². The van der Waals surface area contributed by atoms with Crippen molar-refractivity contribution in [2.75, 3.05) is 0 Å². The van der Waals surface area contributed by atoms with Crippen molar-refractivity contribution in [3.8, 4) is 0 Å². The van der Waals surface area contributed by atoms with Gasteiger partial charge in [0.1, 0.15) is 4.83 Å². The van der Waals surface area contributed by atoms with E-state index in [1.54, 1.807) is 18.3 Å². The molecule has 1 aliphatic carbocycles. The zero-order valence-corrected chi connectivity index (χ0v) is 14.5. The van der Waals surface area contributed by atoms with Crippen molar-refractivity contribution in [2.45, 2.75) is 49.9 Å². The number of fused-ring (bicyclic) bond motifs is 3. The van der Waals surface area contributed by atoms with E-state index in [-0.39, 0.29) is 10.8 Å². The highest BCUT2D eigenvalue weighted by Gasteiger charge is 2.21. The summed E-state index contributed by atoms with van der Waals surface area (Å²) in [5.74, 6) is 1.15. The maximum Gasteiger partial charge on any atom is 0.260 e. The third-order valence-corrected chi connectivity index (χ3v) is 6.14. The van der Waals surface area contributed by atoms with E-state index in [4.69, 9.17) is 4.52 Å². The normalized spacial score (nSPS) is 15.7. The van der Waals surface area contributed by atoms with Gasteiger partial charge in [-0.25, -0.2) is 4.98 Å². The zero-order valence-electron chi connectivity index (χ0n) is 12.9. The highest BCUT2D eigenvalue weighted by atomic mass is 32.2. The number of hydrogen-bond donors (Lipinski definition) is 1. The van der Waals surface area contributed by atoms with Gasteiger partial charge in [0.05, 0.1) is 10.6 Å². The van der Waals surface area contributed by atoms with Crippen LogP contribution in [0, 0.1) is 6.92 Å². The molecule has 3 aromatic heterocycles. The van der Waals surface area contributed by atoms with Crippen molar-refractivity contribution in [3.05, 3.63) is 32.5 Å². The minimum Gasteiger partial charge on any atom is -0.338 e. The number of aromatic nitrogens is 4. The van der Waals surface area contributed by atoms with Crippen LogP contribution in [0.4, 0.5) is 0 Å². The molecule has 23 heavy (non-hydrogen) atoms. The molecule has 3 heterocycles. The molecular formula is C15H16N4O2S2. The Labute approximate surface area is 140 Å². The maximum absolute atomic E-state index is 12.5. The van der Waals surface area contributed by atoms with Gasteiger partial charge in [0.2, 0.25) is 5.89 Å². The van der Waals surface area contributed by atoms with E-state index in [0.29, 0.717) is 16.9 Å². The van der Waals surface area contributed by atoms with Gasteiger partial charge in [0.25, 0.3) is 5.56 Å². The molecule has 3 aromatic rings. The number of thioether (sulfide) groups is 1. The minimum absolute atomic E-state index is 0.0363. The summed E-state index contributed by atoms with van der Waals surface area (Å²) in [4.78, 5) is 26.5. The van der Waals surface area contributed by atoms with Gasteiger partial charge in [-0.2, -0.15) is 4.98 Å². The highest BCUT2D eigenvalue weighted by Crippen LogP contribution is 2.36. The predicted octanol–water partition coefficient (Wildman–Crippen LogP) is 3.41. The second kappa shape index (κ2) is 5.76. The van der Waals surface area contributed by atoms with E-state index < -0.39 is 0 Å². The van der Waals surface area contributed by atoms with E-state index in [1.807, 2.05) is 6.92 Å². The van der Waals surface area contributed by atoms with Crippen molar-refractivity contribution in [1.82, 2.24) is 20.1 Å². The Morgan fingerprint density at radius 2 is 2.13 bits per heavy atom. The molecule has 120 valence electrons. The Bertz CT molecular complexity index is 927. The quantitative estimate of drug-likeness (QED) is 0.577. The molecule has 1 N–H and O–H groups in total. The maximum atomic E-state index is 12.5. The summed E-state index contributed by atoms with van der Waals surface area (Å²) in [5.41, 5.74) is 1.17. The standard InChI is InChI=1S/C15H16N4O2S2/c1-7(13-16-8(2)19-21-13)22-15-17-12(20)11-9-5-3-4-6-10(9)23-14(11)18-15/h7H,3-6H2,1-2H3,(H,17,18,20). The van der Waals surface area contributed by atoms with Gasteiger partial charge < -0.3 is 9.51 Å². The Balaban J connectivity index is 1.70.